The summed E-state index contributed by atoms with van der Waals surface area (Å²) in [6.45, 7) is 4.63. The van der Waals surface area contributed by atoms with Crippen molar-refractivity contribution < 1.29 is 9.59 Å². The number of para-hydroxylation sites is 1. The maximum Gasteiger partial charge on any atom is 0.329 e. The zero-order chi connectivity index (χ0) is 15.1. The molecule has 0 aliphatic carbocycles. The molecule has 0 bridgehead atoms. The summed E-state index contributed by atoms with van der Waals surface area (Å²) in [5.41, 5.74) is 2.23. The largest absolute Gasteiger partial charge is 0.329 e. The third-order valence-corrected chi connectivity index (χ3v) is 3.81. The number of fused-ring (bicyclic) bond motifs is 1. The Labute approximate surface area is 122 Å². The first kappa shape index (κ1) is 13.6. The maximum absolute atomic E-state index is 12.0. The monoisotopic (exact) mass is 286 g/mol. The van der Waals surface area contributed by atoms with Crippen molar-refractivity contribution in [3.63, 3.8) is 0 Å². The van der Waals surface area contributed by atoms with Crippen LogP contribution >= 0.6 is 0 Å². The van der Waals surface area contributed by atoms with Crippen molar-refractivity contribution in [3.8, 4) is 0 Å². The van der Waals surface area contributed by atoms with Crippen molar-refractivity contribution in [1.82, 2.24) is 15.1 Å². The highest BCUT2D eigenvalue weighted by Crippen LogP contribution is 2.32. The van der Waals surface area contributed by atoms with Crippen LogP contribution in [0, 0.1) is 0 Å². The standard InChI is InChI=1S/C15H18N4O2/c1-9(2)10-5-4-6-11-13(10)18(3)17-14(11)19-8-7-12(20)16-15(19)21/h4-6,9H,7-8H2,1-3H3,(H,16,20,21). The Morgan fingerprint density at radius 1 is 1.29 bits per heavy atom. The second kappa shape index (κ2) is 4.87. The molecule has 2 aromatic rings. The second-order valence-electron chi connectivity index (χ2n) is 5.60. The highest BCUT2D eigenvalue weighted by atomic mass is 16.2. The highest BCUT2D eigenvalue weighted by Gasteiger charge is 2.28. The minimum absolute atomic E-state index is 0.237. The van der Waals surface area contributed by atoms with Gasteiger partial charge < -0.3 is 0 Å². The van der Waals surface area contributed by atoms with Crippen LogP contribution in [0.5, 0.6) is 0 Å². The molecule has 1 aliphatic rings. The molecule has 1 aromatic carbocycles. The molecule has 1 fully saturated rings. The van der Waals surface area contributed by atoms with Gasteiger partial charge in [-0.2, -0.15) is 5.10 Å². The maximum atomic E-state index is 12.0. The van der Waals surface area contributed by atoms with Gasteiger partial charge in [-0.1, -0.05) is 26.0 Å². The molecule has 6 heteroatoms. The van der Waals surface area contributed by atoms with Crippen LogP contribution in [0.4, 0.5) is 10.6 Å². The molecule has 0 atom stereocenters. The second-order valence-corrected chi connectivity index (χ2v) is 5.60. The number of anilines is 1. The fourth-order valence-corrected chi connectivity index (χ4v) is 2.78. The number of nitrogens with zero attached hydrogens (tertiary/aromatic N) is 3. The van der Waals surface area contributed by atoms with E-state index >= 15 is 0 Å². The van der Waals surface area contributed by atoms with E-state index in [0.717, 1.165) is 10.9 Å². The first-order valence-electron chi connectivity index (χ1n) is 7.06. The molecule has 0 unspecified atom stereocenters. The molecule has 3 amide bonds. The third kappa shape index (κ3) is 2.16. The van der Waals surface area contributed by atoms with Gasteiger partial charge in [0, 0.05) is 25.4 Å². The average Bonchev–Trinajstić information content (AvgIpc) is 2.76. The first-order valence-corrected chi connectivity index (χ1v) is 7.06. The van der Waals surface area contributed by atoms with E-state index in [0.29, 0.717) is 24.7 Å². The summed E-state index contributed by atoms with van der Waals surface area (Å²) >= 11 is 0. The van der Waals surface area contributed by atoms with Crippen molar-refractivity contribution >= 4 is 28.7 Å². The molecule has 1 N–H and O–H groups in total. The summed E-state index contributed by atoms with van der Waals surface area (Å²) in [5.74, 6) is 0.744. The summed E-state index contributed by atoms with van der Waals surface area (Å²) in [4.78, 5) is 24.8. The molecule has 0 saturated carbocycles. The minimum Gasteiger partial charge on any atom is -0.278 e. The van der Waals surface area contributed by atoms with E-state index < -0.39 is 6.03 Å². The number of hydrogen-bond donors (Lipinski definition) is 1. The molecule has 3 rings (SSSR count). The van der Waals surface area contributed by atoms with Gasteiger partial charge in [0.05, 0.1) is 5.52 Å². The van der Waals surface area contributed by atoms with Crippen molar-refractivity contribution in [3.05, 3.63) is 23.8 Å². The number of nitrogens with one attached hydrogen (secondary N) is 1. The van der Waals surface area contributed by atoms with E-state index in [1.54, 1.807) is 0 Å². The third-order valence-electron chi connectivity index (χ3n) is 3.81. The van der Waals surface area contributed by atoms with Crippen molar-refractivity contribution in [2.45, 2.75) is 26.2 Å². The topological polar surface area (TPSA) is 67.2 Å². The lowest BCUT2D eigenvalue weighted by atomic mass is 10.0. The van der Waals surface area contributed by atoms with Crippen LogP contribution in [0.1, 0.15) is 31.7 Å². The predicted molar refractivity (Wildman–Crippen MR) is 80.3 cm³/mol. The minimum atomic E-state index is -0.402. The van der Waals surface area contributed by atoms with E-state index in [1.807, 2.05) is 23.9 Å². The van der Waals surface area contributed by atoms with Gasteiger partial charge in [-0.3, -0.25) is 19.7 Å². The number of imide groups is 1. The number of aromatic nitrogens is 2. The van der Waals surface area contributed by atoms with Crippen LogP contribution in [-0.2, 0) is 11.8 Å². The molecule has 0 radical (unpaired) electrons. The Morgan fingerprint density at radius 2 is 2.05 bits per heavy atom. The van der Waals surface area contributed by atoms with Gasteiger partial charge in [-0.15, -0.1) is 0 Å². The molecule has 1 saturated heterocycles. The Bertz CT molecular complexity index is 733. The van der Waals surface area contributed by atoms with Gasteiger partial charge in [0.15, 0.2) is 5.82 Å². The molecular formula is C15H18N4O2. The van der Waals surface area contributed by atoms with Crippen LogP contribution < -0.4 is 10.2 Å². The van der Waals surface area contributed by atoms with Gasteiger partial charge in [-0.25, -0.2) is 4.79 Å². The molecule has 0 spiro atoms. The normalized spacial score (nSPS) is 15.9. The SMILES string of the molecule is CC(C)c1cccc2c(N3CCC(=O)NC3=O)nn(C)c12. The van der Waals surface area contributed by atoms with Crippen molar-refractivity contribution in [1.29, 1.82) is 0 Å². The lowest BCUT2D eigenvalue weighted by Gasteiger charge is -2.24. The molecular weight excluding hydrogens is 268 g/mol. The van der Waals surface area contributed by atoms with E-state index in [2.05, 4.69) is 30.3 Å². The van der Waals surface area contributed by atoms with E-state index in [-0.39, 0.29) is 5.91 Å². The number of hydrogen-bond acceptors (Lipinski definition) is 3. The van der Waals surface area contributed by atoms with Crippen LogP contribution in [0.2, 0.25) is 0 Å². The Balaban J connectivity index is 2.14. The number of aryl methyl sites for hydroxylation is 1. The van der Waals surface area contributed by atoms with Gasteiger partial charge in [0.1, 0.15) is 0 Å². The highest BCUT2D eigenvalue weighted by molar-refractivity contribution is 6.09. The fraction of sp³-hybridized carbons (Fsp3) is 0.400. The van der Waals surface area contributed by atoms with Gasteiger partial charge in [-0.05, 0) is 17.5 Å². The lowest BCUT2D eigenvalue weighted by Crippen LogP contribution is -2.49. The van der Waals surface area contributed by atoms with Crippen LogP contribution in [-0.4, -0.2) is 28.3 Å². The Kier molecular flexibility index (Phi) is 3.16. The summed E-state index contributed by atoms with van der Waals surface area (Å²) < 4.78 is 1.81. The molecule has 6 nitrogen and oxygen atoms in total. The first-order chi connectivity index (χ1) is 9.99. The summed E-state index contributed by atoms with van der Waals surface area (Å²) in [6.07, 6.45) is 0.299. The van der Waals surface area contributed by atoms with Gasteiger partial charge in [0.2, 0.25) is 5.91 Å². The van der Waals surface area contributed by atoms with Crippen LogP contribution in [0.25, 0.3) is 10.9 Å². The smallest absolute Gasteiger partial charge is 0.278 e. The van der Waals surface area contributed by atoms with Gasteiger partial charge in [0.25, 0.3) is 0 Å². The van der Waals surface area contributed by atoms with Crippen molar-refractivity contribution in [2.75, 3.05) is 11.4 Å². The molecule has 1 aromatic heterocycles. The number of rotatable bonds is 2. The van der Waals surface area contributed by atoms with Crippen molar-refractivity contribution in [2.24, 2.45) is 7.05 Å². The average molecular weight is 286 g/mol. The van der Waals surface area contributed by atoms with Gasteiger partial charge >= 0.3 is 6.03 Å². The molecule has 21 heavy (non-hydrogen) atoms. The number of carbonyl (C=O) groups excluding carboxylic acids is 2. The number of amides is 3. The van der Waals surface area contributed by atoms with Crippen LogP contribution in [0.15, 0.2) is 18.2 Å². The zero-order valence-electron chi connectivity index (χ0n) is 12.4. The zero-order valence-corrected chi connectivity index (χ0v) is 12.4. The molecule has 2 heterocycles. The summed E-state index contributed by atoms with van der Waals surface area (Å²) in [6, 6.07) is 5.63. The number of carbonyl (C=O) groups is 2. The van der Waals surface area contributed by atoms with E-state index in [4.69, 9.17) is 0 Å². The van der Waals surface area contributed by atoms with Crippen LogP contribution in [0.3, 0.4) is 0 Å². The van der Waals surface area contributed by atoms with E-state index in [9.17, 15) is 9.59 Å². The fourth-order valence-electron chi connectivity index (χ4n) is 2.78. The quantitative estimate of drug-likeness (QED) is 0.919. The number of benzene rings is 1. The molecule has 1 aliphatic heterocycles. The predicted octanol–water partition coefficient (Wildman–Crippen LogP) is 2.14. The van der Waals surface area contributed by atoms with E-state index in [1.165, 1.54) is 10.5 Å². The summed E-state index contributed by atoms with van der Waals surface area (Å²) in [7, 11) is 1.88. The molecule has 110 valence electrons. The summed E-state index contributed by atoms with van der Waals surface area (Å²) in [5, 5.41) is 7.78. The Hall–Kier alpha value is -2.37. The lowest BCUT2D eigenvalue weighted by molar-refractivity contribution is -0.120. The Morgan fingerprint density at radius 3 is 2.71 bits per heavy atom. The number of urea groups is 1.